The minimum absolute atomic E-state index is 0.229. The van der Waals surface area contributed by atoms with Crippen LogP contribution in [0.5, 0.6) is 0 Å². The maximum atomic E-state index is 13.6. The van der Waals surface area contributed by atoms with Gasteiger partial charge in [0, 0.05) is 10.6 Å². The van der Waals surface area contributed by atoms with Crippen LogP contribution in [-0.4, -0.2) is 24.4 Å². The first-order chi connectivity index (χ1) is 17.8. The minimum Gasteiger partial charge on any atom is -0.462 e. The zero-order chi connectivity index (χ0) is 26.5. The molecule has 0 unspecified atom stereocenters. The first kappa shape index (κ1) is 26.2. The van der Waals surface area contributed by atoms with Crippen molar-refractivity contribution in [1.29, 1.82) is 0 Å². The van der Waals surface area contributed by atoms with E-state index in [4.69, 9.17) is 4.74 Å². The van der Waals surface area contributed by atoms with Crippen LogP contribution in [0.4, 0.5) is 11.4 Å². The van der Waals surface area contributed by atoms with Crippen LogP contribution in [0, 0.1) is 20.8 Å². The summed E-state index contributed by atoms with van der Waals surface area (Å²) in [4.78, 5) is 41.9. The molecule has 0 spiro atoms. The molecule has 0 saturated carbocycles. The fraction of sp³-hybridized carbons (Fsp3) is 0.233. The Hall–Kier alpha value is -3.84. The third kappa shape index (κ3) is 5.78. The smallest absolute Gasteiger partial charge is 0.338 e. The Kier molecular flexibility index (Phi) is 8.14. The quantitative estimate of drug-likeness (QED) is 0.198. The summed E-state index contributed by atoms with van der Waals surface area (Å²) in [6, 6.07) is 20.0. The number of rotatable bonds is 9. The molecule has 3 aromatic carbocycles. The summed E-state index contributed by atoms with van der Waals surface area (Å²) >= 11 is 1.26. The lowest BCUT2D eigenvalue weighted by Gasteiger charge is -2.16. The maximum absolute atomic E-state index is 13.6. The fourth-order valence-electron chi connectivity index (χ4n) is 3.83. The molecule has 7 heteroatoms. The fourth-order valence-corrected chi connectivity index (χ4v) is 4.76. The molecule has 0 aliphatic carbocycles. The number of esters is 1. The molecule has 37 heavy (non-hydrogen) atoms. The maximum Gasteiger partial charge on any atom is 0.338 e. The number of carbonyl (C=O) groups excluding carboxylic acids is 3. The average Bonchev–Trinajstić information content (AvgIpc) is 3.12. The lowest BCUT2D eigenvalue weighted by molar-refractivity contribution is -0.120. The molecule has 3 aromatic rings. The molecule has 1 N–H and O–H groups in total. The van der Waals surface area contributed by atoms with E-state index >= 15 is 0 Å². The van der Waals surface area contributed by atoms with E-state index in [1.807, 2.05) is 70.2 Å². The van der Waals surface area contributed by atoms with Gasteiger partial charge >= 0.3 is 5.97 Å². The third-order valence-electron chi connectivity index (χ3n) is 6.24. The molecule has 0 atom stereocenters. The molecule has 0 saturated heterocycles. The van der Waals surface area contributed by atoms with Crippen molar-refractivity contribution in [2.75, 3.05) is 16.8 Å². The summed E-state index contributed by atoms with van der Waals surface area (Å²) in [7, 11) is 0. The van der Waals surface area contributed by atoms with E-state index in [0.29, 0.717) is 22.8 Å². The number of unbranched alkanes of at least 4 members (excludes halogenated alkanes) is 1. The molecule has 4 rings (SSSR count). The molecule has 190 valence electrons. The molecule has 1 aliphatic rings. The molecule has 2 amide bonds. The van der Waals surface area contributed by atoms with Gasteiger partial charge in [-0.1, -0.05) is 54.9 Å². The van der Waals surface area contributed by atoms with E-state index in [-0.39, 0.29) is 5.70 Å². The first-order valence-electron chi connectivity index (χ1n) is 12.3. The van der Waals surface area contributed by atoms with Crippen molar-refractivity contribution in [3.8, 4) is 0 Å². The van der Waals surface area contributed by atoms with Crippen LogP contribution >= 0.6 is 11.8 Å². The molecule has 1 heterocycles. The van der Waals surface area contributed by atoms with Crippen molar-refractivity contribution in [3.63, 3.8) is 0 Å². The van der Waals surface area contributed by atoms with Crippen LogP contribution in [0.15, 0.2) is 82.2 Å². The van der Waals surface area contributed by atoms with Crippen molar-refractivity contribution in [2.24, 2.45) is 0 Å². The van der Waals surface area contributed by atoms with Gasteiger partial charge in [0.25, 0.3) is 11.8 Å². The van der Waals surface area contributed by atoms with Gasteiger partial charge in [-0.2, -0.15) is 0 Å². The molecular formula is C30H30N2O4S. The second-order valence-corrected chi connectivity index (χ2v) is 10.1. The Balaban J connectivity index is 1.65. The van der Waals surface area contributed by atoms with E-state index < -0.39 is 17.8 Å². The van der Waals surface area contributed by atoms with Crippen LogP contribution in [0.25, 0.3) is 0 Å². The largest absolute Gasteiger partial charge is 0.462 e. The van der Waals surface area contributed by atoms with Crippen LogP contribution < -0.4 is 10.2 Å². The van der Waals surface area contributed by atoms with Crippen molar-refractivity contribution in [3.05, 3.63) is 99.6 Å². The van der Waals surface area contributed by atoms with E-state index in [9.17, 15) is 14.4 Å². The summed E-state index contributed by atoms with van der Waals surface area (Å²) < 4.78 is 5.26. The minimum atomic E-state index is -0.446. The van der Waals surface area contributed by atoms with Crippen LogP contribution in [-0.2, 0) is 14.3 Å². The van der Waals surface area contributed by atoms with Crippen LogP contribution in [0.2, 0.25) is 0 Å². The van der Waals surface area contributed by atoms with Crippen molar-refractivity contribution in [2.45, 2.75) is 45.4 Å². The summed E-state index contributed by atoms with van der Waals surface area (Å²) in [5, 5.41) is 3.24. The van der Waals surface area contributed by atoms with Gasteiger partial charge in [-0.3, -0.25) is 9.59 Å². The van der Waals surface area contributed by atoms with E-state index in [1.165, 1.54) is 11.8 Å². The Labute approximate surface area is 221 Å². The van der Waals surface area contributed by atoms with Gasteiger partial charge in [-0.25, -0.2) is 9.69 Å². The number of thioether (sulfide) groups is 1. The summed E-state index contributed by atoms with van der Waals surface area (Å²) in [6.07, 6.45) is 1.73. The molecule has 0 radical (unpaired) electrons. The van der Waals surface area contributed by atoms with Crippen molar-refractivity contribution >= 4 is 40.9 Å². The monoisotopic (exact) mass is 514 g/mol. The number of amides is 2. The average molecular weight is 515 g/mol. The lowest BCUT2D eigenvalue weighted by atomic mass is 10.1. The highest BCUT2D eigenvalue weighted by Gasteiger charge is 2.40. The topological polar surface area (TPSA) is 75.7 Å². The molecular weight excluding hydrogens is 484 g/mol. The number of hydrogen-bond acceptors (Lipinski definition) is 6. The number of carbonyl (C=O) groups is 3. The predicted octanol–water partition coefficient (Wildman–Crippen LogP) is 6.56. The Bertz CT molecular complexity index is 1360. The number of anilines is 2. The zero-order valence-electron chi connectivity index (χ0n) is 21.5. The summed E-state index contributed by atoms with van der Waals surface area (Å²) in [5.41, 5.74) is 4.94. The third-order valence-corrected chi connectivity index (χ3v) is 7.33. The van der Waals surface area contributed by atoms with Crippen molar-refractivity contribution in [1.82, 2.24) is 0 Å². The Morgan fingerprint density at radius 3 is 2.30 bits per heavy atom. The molecule has 0 bridgehead atoms. The number of benzene rings is 3. The van der Waals surface area contributed by atoms with E-state index in [2.05, 4.69) is 5.32 Å². The zero-order valence-corrected chi connectivity index (χ0v) is 22.3. The summed E-state index contributed by atoms with van der Waals surface area (Å²) in [5.74, 6) is -1.29. The van der Waals surface area contributed by atoms with Gasteiger partial charge in [0.2, 0.25) is 0 Å². The molecule has 1 aliphatic heterocycles. The van der Waals surface area contributed by atoms with Gasteiger partial charge in [-0.05, 0) is 80.8 Å². The van der Waals surface area contributed by atoms with Gasteiger partial charge in [-0.15, -0.1) is 0 Å². The number of aryl methyl sites for hydroxylation is 2. The standard InChI is InChI=1S/C30H30N2O4S/c1-5-6-18-36-30(35)22-12-14-23(15-13-22)32-28(33)26(31-25-9-7-8-20(3)21(25)4)27(29(32)34)37-24-16-10-19(2)11-17-24/h7-17,31H,5-6,18H2,1-4H3. The number of hydrogen-bond donors (Lipinski definition) is 1. The number of nitrogens with one attached hydrogen (secondary N) is 1. The highest BCUT2D eigenvalue weighted by molar-refractivity contribution is 8.04. The second-order valence-electron chi connectivity index (χ2n) is 8.97. The second kappa shape index (κ2) is 11.5. The number of imide groups is 1. The van der Waals surface area contributed by atoms with E-state index in [0.717, 1.165) is 45.0 Å². The van der Waals surface area contributed by atoms with Crippen molar-refractivity contribution < 1.29 is 19.1 Å². The summed E-state index contributed by atoms with van der Waals surface area (Å²) in [6.45, 7) is 8.35. The lowest BCUT2D eigenvalue weighted by Crippen LogP contribution is -2.32. The van der Waals surface area contributed by atoms with Gasteiger partial charge < -0.3 is 10.1 Å². The molecule has 6 nitrogen and oxygen atoms in total. The normalized spacial score (nSPS) is 13.4. The Morgan fingerprint density at radius 1 is 0.919 bits per heavy atom. The Morgan fingerprint density at radius 2 is 1.62 bits per heavy atom. The number of nitrogens with zero attached hydrogens (tertiary/aromatic N) is 1. The van der Waals surface area contributed by atoms with Gasteiger partial charge in [0.1, 0.15) is 10.6 Å². The predicted molar refractivity (Wildman–Crippen MR) is 148 cm³/mol. The highest BCUT2D eigenvalue weighted by atomic mass is 32.2. The van der Waals surface area contributed by atoms with Crippen LogP contribution in [0.3, 0.4) is 0 Å². The van der Waals surface area contributed by atoms with Crippen LogP contribution in [0.1, 0.15) is 46.8 Å². The van der Waals surface area contributed by atoms with E-state index in [1.54, 1.807) is 24.3 Å². The first-order valence-corrected chi connectivity index (χ1v) is 13.1. The number of ether oxygens (including phenoxy) is 1. The highest BCUT2D eigenvalue weighted by Crippen LogP contribution is 2.38. The van der Waals surface area contributed by atoms with Gasteiger partial charge in [0.15, 0.2) is 0 Å². The molecule has 0 aromatic heterocycles. The molecule has 0 fully saturated rings. The SMILES string of the molecule is CCCCOC(=O)c1ccc(N2C(=O)C(Nc3cccc(C)c3C)=C(Sc3ccc(C)cc3)C2=O)cc1. The van der Waals surface area contributed by atoms with Gasteiger partial charge in [0.05, 0.1) is 17.9 Å².